The Labute approximate surface area is 149 Å². The zero-order valence-corrected chi connectivity index (χ0v) is 15.0. The summed E-state index contributed by atoms with van der Waals surface area (Å²) in [5.74, 6) is -0.137. The van der Waals surface area contributed by atoms with E-state index in [1.54, 1.807) is 11.9 Å². The molecule has 0 saturated heterocycles. The van der Waals surface area contributed by atoms with Crippen molar-refractivity contribution in [3.8, 4) is 0 Å². The normalized spacial score (nSPS) is 11.5. The topological polar surface area (TPSA) is 61.4 Å². The Morgan fingerprint density at radius 3 is 2.28 bits per heavy atom. The van der Waals surface area contributed by atoms with E-state index in [1.807, 2.05) is 68.4 Å². The number of carbonyl (C=O) groups is 2. The van der Waals surface area contributed by atoms with Gasteiger partial charge in [0.25, 0.3) is 0 Å². The molecule has 2 N–H and O–H groups in total. The molecule has 0 spiro atoms. The van der Waals surface area contributed by atoms with E-state index >= 15 is 0 Å². The van der Waals surface area contributed by atoms with Crippen LogP contribution in [0.15, 0.2) is 54.6 Å². The van der Waals surface area contributed by atoms with Gasteiger partial charge in [-0.05, 0) is 25.0 Å². The van der Waals surface area contributed by atoms with Crippen molar-refractivity contribution in [1.82, 2.24) is 15.5 Å². The van der Waals surface area contributed by atoms with Crippen LogP contribution in [0.4, 0.5) is 4.79 Å². The fraction of sp³-hybridized carbons (Fsp3) is 0.300. The van der Waals surface area contributed by atoms with Crippen molar-refractivity contribution in [2.45, 2.75) is 26.4 Å². The summed E-state index contributed by atoms with van der Waals surface area (Å²) in [5, 5.41) is 5.36. The van der Waals surface area contributed by atoms with Crippen LogP contribution >= 0.6 is 0 Å². The summed E-state index contributed by atoms with van der Waals surface area (Å²) in [6, 6.07) is 17.3. The molecular weight excluding hydrogens is 314 g/mol. The van der Waals surface area contributed by atoms with Gasteiger partial charge in [-0.2, -0.15) is 0 Å². The number of amides is 3. The molecule has 5 heteroatoms. The van der Waals surface area contributed by atoms with Gasteiger partial charge in [0, 0.05) is 13.6 Å². The van der Waals surface area contributed by atoms with Gasteiger partial charge < -0.3 is 15.5 Å². The van der Waals surface area contributed by atoms with Crippen LogP contribution in [0.2, 0.25) is 0 Å². The van der Waals surface area contributed by atoms with Crippen molar-refractivity contribution < 1.29 is 9.59 Å². The molecule has 0 radical (unpaired) electrons. The SMILES string of the molecule is Cc1ccc(CNC(=O)NCC(=O)N(C)[C@H](C)c2ccccc2)cc1. The summed E-state index contributed by atoms with van der Waals surface area (Å²) in [7, 11) is 1.74. The van der Waals surface area contributed by atoms with Crippen LogP contribution in [0.3, 0.4) is 0 Å². The summed E-state index contributed by atoms with van der Waals surface area (Å²) in [4.78, 5) is 25.7. The van der Waals surface area contributed by atoms with Crippen LogP contribution in [0.1, 0.15) is 29.7 Å². The highest BCUT2D eigenvalue weighted by atomic mass is 16.2. The Morgan fingerprint density at radius 1 is 1.00 bits per heavy atom. The highest BCUT2D eigenvalue weighted by Crippen LogP contribution is 2.17. The third kappa shape index (κ3) is 5.64. The number of nitrogens with zero attached hydrogens (tertiary/aromatic N) is 1. The monoisotopic (exact) mass is 339 g/mol. The molecule has 2 aromatic carbocycles. The second kappa shape index (κ2) is 8.87. The smallest absolute Gasteiger partial charge is 0.315 e. The van der Waals surface area contributed by atoms with Crippen LogP contribution in [-0.4, -0.2) is 30.4 Å². The molecule has 3 amide bonds. The molecule has 0 aliphatic heterocycles. The van der Waals surface area contributed by atoms with Gasteiger partial charge in [0.2, 0.25) is 5.91 Å². The van der Waals surface area contributed by atoms with Gasteiger partial charge in [0.15, 0.2) is 0 Å². The lowest BCUT2D eigenvalue weighted by Gasteiger charge is -2.25. The highest BCUT2D eigenvalue weighted by Gasteiger charge is 2.17. The number of nitrogens with one attached hydrogen (secondary N) is 2. The minimum Gasteiger partial charge on any atom is -0.337 e. The molecule has 5 nitrogen and oxygen atoms in total. The minimum atomic E-state index is -0.352. The van der Waals surface area contributed by atoms with E-state index in [-0.39, 0.29) is 24.5 Å². The van der Waals surface area contributed by atoms with E-state index in [0.717, 1.165) is 11.1 Å². The van der Waals surface area contributed by atoms with Gasteiger partial charge >= 0.3 is 6.03 Å². The molecule has 2 aromatic rings. The van der Waals surface area contributed by atoms with Crippen molar-refractivity contribution >= 4 is 11.9 Å². The van der Waals surface area contributed by atoms with E-state index in [2.05, 4.69) is 10.6 Å². The zero-order valence-electron chi connectivity index (χ0n) is 15.0. The van der Waals surface area contributed by atoms with Crippen LogP contribution in [-0.2, 0) is 11.3 Å². The number of aryl methyl sites for hydroxylation is 1. The largest absolute Gasteiger partial charge is 0.337 e. The van der Waals surface area contributed by atoms with Gasteiger partial charge in [-0.15, -0.1) is 0 Å². The Bertz CT molecular complexity index is 699. The number of hydrogen-bond donors (Lipinski definition) is 2. The molecule has 0 aromatic heterocycles. The Morgan fingerprint density at radius 2 is 1.64 bits per heavy atom. The number of hydrogen-bond acceptors (Lipinski definition) is 2. The molecule has 132 valence electrons. The van der Waals surface area contributed by atoms with Crippen LogP contribution in [0, 0.1) is 6.92 Å². The Hall–Kier alpha value is -2.82. The van der Waals surface area contributed by atoms with Gasteiger partial charge in [0.05, 0.1) is 12.6 Å². The summed E-state index contributed by atoms with van der Waals surface area (Å²) in [6.45, 7) is 4.37. The Balaban J connectivity index is 1.76. The lowest BCUT2D eigenvalue weighted by atomic mass is 10.1. The molecule has 0 aliphatic rings. The fourth-order valence-electron chi connectivity index (χ4n) is 2.40. The molecule has 25 heavy (non-hydrogen) atoms. The van der Waals surface area contributed by atoms with E-state index in [4.69, 9.17) is 0 Å². The summed E-state index contributed by atoms with van der Waals surface area (Å²) in [5.41, 5.74) is 3.25. The van der Waals surface area contributed by atoms with E-state index in [0.29, 0.717) is 6.54 Å². The number of benzene rings is 2. The van der Waals surface area contributed by atoms with Crippen molar-refractivity contribution in [1.29, 1.82) is 0 Å². The van der Waals surface area contributed by atoms with Crippen LogP contribution < -0.4 is 10.6 Å². The molecule has 0 fully saturated rings. The first-order valence-corrected chi connectivity index (χ1v) is 8.35. The molecule has 0 bridgehead atoms. The van der Waals surface area contributed by atoms with Gasteiger partial charge in [0.1, 0.15) is 0 Å². The maximum absolute atomic E-state index is 12.3. The van der Waals surface area contributed by atoms with Crippen molar-refractivity contribution in [3.05, 3.63) is 71.3 Å². The predicted octanol–water partition coefficient (Wildman–Crippen LogP) is 3.01. The van der Waals surface area contributed by atoms with E-state index in [1.165, 1.54) is 5.56 Å². The van der Waals surface area contributed by atoms with E-state index in [9.17, 15) is 9.59 Å². The summed E-state index contributed by atoms with van der Waals surface area (Å²) < 4.78 is 0. The molecule has 0 unspecified atom stereocenters. The molecule has 2 rings (SSSR count). The van der Waals surface area contributed by atoms with Crippen LogP contribution in [0.25, 0.3) is 0 Å². The molecule has 0 heterocycles. The first-order chi connectivity index (χ1) is 12.0. The van der Waals surface area contributed by atoms with Gasteiger partial charge in [-0.1, -0.05) is 60.2 Å². The zero-order chi connectivity index (χ0) is 18.2. The van der Waals surface area contributed by atoms with Crippen LogP contribution in [0.5, 0.6) is 0 Å². The first-order valence-electron chi connectivity index (χ1n) is 8.35. The third-order valence-electron chi connectivity index (χ3n) is 4.23. The summed E-state index contributed by atoms with van der Waals surface area (Å²) in [6.07, 6.45) is 0. The maximum atomic E-state index is 12.3. The maximum Gasteiger partial charge on any atom is 0.315 e. The second-order valence-corrected chi connectivity index (χ2v) is 6.11. The fourth-order valence-corrected chi connectivity index (χ4v) is 2.40. The standard InChI is InChI=1S/C20H25N3O2/c1-15-9-11-17(12-10-15)13-21-20(25)22-14-19(24)23(3)16(2)18-7-5-4-6-8-18/h4-12,16H,13-14H2,1-3H3,(H2,21,22,25)/t16-/m1/s1. The molecular formula is C20H25N3O2. The average molecular weight is 339 g/mol. The highest BCUT2D eigenvalue weighted by molar-refractivity contribution is 5.84. The lowest BCUT2D eigenvalue weighted by molar-refractivity contribution is -0.130. The Kier molecular flexibility index (Phi) is 6.57. The predicted molar refractivity (Wildman–Crippen MR) is 99.0 cm³/mol. The van der Waals surface area contributed by atoms with Crippen molar-refractivity contribution in [3.63, 3.8) is 0 Å². The van der Waals surface area contributed by atoms with E-state index < -0.39 is 0 Å². The molecule has 0 aliphatic carbocycles. The van der Waals surface area contributed by atoms with Crippen molar-refractivity contribution in [2.24, 2.45) is 0 Å². The van der Waals surface area contributed by atoms with Gasteiger partial charge in [-0.25, -0.2) is 4.79 Å². The number of rotatable bonds is 6. The molecule has 1 atom stereocenters. The van der Waals surface area contributed by atoms with Gasteiger partial charge in [-0.3, -0.25) is 4.79 Å². The number of carbonyl (C=O) groups excluding carboxylic acids is 2. The lowest BCUT2D eigenvalue weighted by Crippen LogP contribution is -2.43. The first kappa shape index (κ1) is 18.5. The quantitative estimate of drug-likeness (QED) is 0.850. The molecule has 0 saturated carbocycles. The number of urea groups is 1. The third-order valence-corrected chi connectivity index (χ3v) is 4.23. The average Bonchev–Trinajstić information content (AvgIpc) is 2.65. The van der Waals surface area contributed by atoms with Crippen molar-refractivity contribution in [2.75, 3.05) is 13.6 Å². The number of likely N-dealkylation sites (N-methyl/N-ethyl adjacent to an activating group) is 1. The minimum absolute atomic E-state index is 0.0343. The second-order valence-electron chi connectivity index (χ2n) is 6.11. The summed E-state index contributed by atoms with van der Waals surface area (Å²) >= 11 is 0.